The monoisotopic (exact) mass is 314 g/mol. The molecule has 23 heavy (non-hydrogen) atoms. The van der Waals surface area contributed by atoms with Gasteiger partial charge in [0, 0.05) is 12.7 Å². The van der Waals surface area contributed by atoms with Crippen LogP contribution in [0, 0.1) is 5.92 Å². The lowest BCUT2D eigenvalue weighted by atomic mass is 10.2. The third-order valence-corrected chi connectivity index (χ3v) is 3.41. The number of hydrogen-bond acceptors (Lipinski definition) is 4. The van der Waals surface area contributed by atoms with E-state index in [2.05, 4.69) is 29.1 Å². The second-order valence-electron chi connectivity index (χ2n) is 5.79. The Balaban J connectivity index is 2.55. The zero-order valence-corrected chi connectivity index (χ0v) is 13.8. The van der Waals surface area contributed by atoms with E-state index in [4.69, 9.17) is 5.73 Å². The summed E-state index contributed by atoms with van der Waals surface area (Å²) in [5, 5.41) is 3.87. The summed E-state index contributed by atoms with van der Waals surface area (Å²) in [6.07, 6.45) is 3.26. The van der Waals surface area contributed by atoms with E-state index in [0.29, 0.717) is 29.3 Å². The van der Waals surface area contributed by atoms with Gasteiger partial charge in [-0.3, -0.25) is 14.4 Å². The highest BCUT2D eigenvalue weighted by molar-refractivity contribution is 5.79. The number of para-hydroxylation sites is 1. The van der Waals surface area contributed by atoms with Gasteiger partial charge in [-0.25, -0.2) is 4.98 Å². The number of fused-ring (bicyclic) bond motifs is 1. The van der Waals surface area contributed by atoms with Crippen LogP contribution in [0.15, 0.2) is 40.8 Å². The molecule has 1 aromatic carbocycles. The molecule has 4 N–H and O–H groups in total. The molecule has 2 aromatic rings. The van der Waals surface area contributed by atoms with Crippen LogP contribution in [0.4, 0.5) is 5.95 Å². The van der Waals surface area contributed by atoms with Crippen molar-refractivity contribution in [3.8, 4) is 0 Å². The van der Waals surface area contributed by atoms with Crippen LogP contribution in [0.25, 0.3) is 10.9 Å². The van der Waals surface area contributed by atoms with Gasteiger partial charge in [-0.15, -0.1) is 0 Å². The fourth-order valence-electron chi connectivity index (χ4n) is 2.26. The van der Waals surface area contributed by atoms with Gasteiger partial charge in [-0.1, -0.05) is 26.0 Å². The number of nitrogens with two attached hydrogens (primary N) is 1. The third kappa shape index (κ3) is 3.97. The summed E-state index contributed by atoms with van der Waals surface area (Å²) in [5.41, 5.74) is 7.07. The molecule has 0 amide bonds. The highest BCUT2D eigenvalue weighted by atomic mass is 16.1. The minimum Gasteiger partial charge on any atom is -0.404 e. The molecule has 0 spiro atoms. The van der Waals surface area contributed by atoms with Crippen molar-refractivity contribution >= 4 is 23.1 Å². The average molecular weight is 314 g/mol. The Morgan fingerprint density at radius 3 is 2.83 bits per heavy atom. The Labute approximate surface area is 135 Å². The van der Waals surface area contributed by atoms with Gasteiger partial charge in [0.15, 0.2) is 6.21 Å². The molecule has 0 aliphatic rings. The molecule has 6 nitrogen and oxygen atoms in total. The molecule has 0 radical (unpaired) electrons. The Morgan fingerprint density at radius 1 is 1.43 bits per heavy atom. The molecule has 0 saturated heterocycles. The zero-order chi connectivity index (χ0) is 16.8. The maximum Gasteiger partial charge on any atom is 0.263 e. The number of allylic oxidation sites excluding steroid dienone is 1. The standard InChI is InChI=1S/C17H23N5O/c1-12(2)9-20-17-21-15-7-5-4-6-14(15)16(23)22(17)11-13(8-18)10-19-3/h4-8,10,12H,9,11,18H2,1-3H3,(H,20,21)/p+1/b13-8+,19-10?. The molecule has 0 aliphatic carbocycles. The molecule has 0 aliphatic heterocycles. The molecule has 1 aromatic heterocycles. The van der Waals surface area contributed by atoms with Gasteiger partial charge in [0.1, 0.15) is 7.05 Å². The average Bonchev–Trinajstić information content (AvgIpc) is 2.55. The Hall–Kier alpha value is -2.63. The lowest BCUT2D eigenvalue weighted by molar-refractivity contribution is -0.413. The number of nitrogens with zero attached hydrogens (tertiary/aromatic N) is 2. The lowest BCUT2D eigenvalue weighted by Gasteiger charge is -2.15. The molecule has 1 heterocycles. The summed E-state index contributed by atoms with van der Waals surface area (Å²) < 4.78 is 1.62. The first kappa shape index (κ1) is 16.7. The smallest absolute Gasteiger partial charge is 0.263 e. The van der Waals surface area contributed by atoms with Crippen molar-refractivity contribution < 1.29 is 4.99 Å². The largest absolute Gasteiger partial charge is 0.404 e. The van der Waals surface area contributed by atoms with Crippen LogP contribution in [0.5, 0.6) is 0 Å². The molecule has 0 atom stereocenters. The van der Waals surface area contributed by atoms with E-state index in [1.807, 2.05) is 18.2 Å². The topological polar surface area (TPSA) is 86.9 Å². The number of rotatable bonds is 6. The Kier molecular flexibility index (Phi) is 5.51. The molecule has 6 heteroatoms. The summed E-state index contributed by atoms with van der Waals surface area (Å²) in [7, 11) is 1.79. The second-order valence-corrected chi connectivity index (χ2v) is 5.79. The highest BCUT2D eigenvalue weighted by Crippen LogP contribution is 2.12. The first-order valence-electron chi connectivity index (χ1n) is 7.71. The van der Waals surface area contributed by atoms with E-state index in [0.717, 1.165) is 12.1 Å². The van der Waals surface area contributed by atoms with Gasteiger partial charge in [0.25, 0.3) is 5.56 Å². The van der Waals surface area contributed by atoms with Gasteiger partial charge in [-0.05, 0) is 18.1 Å². The number of hydrogen-bond donors (Lipinski definition) is 3. The molecule has 122 valence electrons. The van der Waals surface area contributed by atoms with Crippen molar-refractivity contribution in [1.82, 2.24) is 9.55 Å². The predicted octanol–water partition coefficient (Wildman–Crippen LogP) is 0.0882. The van der Waals surface area contributed by atoms with E-state index in [-0.39, 0.29) is 5.56 Å². The van der Waals surface area contributed by atoms with Gasteiger partial charge in [-0.2, -0.15) is 0 Å². The maximum atomic E-state index is 12.8. The van der Waals surface area contributed by atoms with Crippen molar-refractivity contribution in [2.24, 2.45) is 11.7 Å². The SMILES string of the molecule is C[NH+]=C/C(=C\N)Cn1c(NCC(C)C)nc2ccccc2c1=O. The number of aromatic nitrogens is 2. The predicted molar refractivity (Wildman–Crippen MR) is 94.6 cm³/mol. The van der Waals surface area contributed by atoms with Gasteiger partial charge < -0.3 is 11.1 Å². The van der Waals surface area contributed by atoms with Gasteiger partial charge >= 0.3 is 0 Å². The molecule has 2 rings (SSSR count). The van der Waals surface area contributed by atoms with Crippen molar-refractivity contribution in [3.63, 3.8) is 0 Å². The molecule has 0 fully saturated rings. The van der Waals surface area contributed by atoms with Crippen molar-refractivity contribution in [2.75, 3.05) is 18.9 Å². The fraction of sp³-hybridized carbons (Fsp3) is 0.353. The number of nitrogens with one attached hydrogen (secondary N) is 2. The first-order valence-corrected chi connectivity index (χ1v) is 7.71. The van der Waals surface area contributed by atoms with E-state index in [1.165, 1.54) is 6.20 Å². The zero-order valence-electron chi connectivity index (χ0n) is 13.8. The Morgan fingerprint density at radius 2 is 2.17 bits per heavy atom. The summed E-state index contributed by atoms with van der Waals surface area (Å²) in [6, 6.07) is 7.36. The van der Waals surface area contributed by atoms with Crippen LogP contribution in [-0.2, 0) is 6.54 Å². The maximum absolute atomic E-state index is 12.8. The van der Waals surface area contributed by atoms with E-state index >= 15 is 0 Å². The van der Waals surface area contributed by atoms with Crippen LogP contribution in [0.1, 0.15) is 13.8 Å². The van der Waals surface area contributed by atoms with E-state index in [1.54, 1.807) is 23.9 Å². The second kappa shape index (κ2) is 7.58. The highest BCUT2D eigenvalue weighted by Gasteiger charge is 2.12. The molecular weight excluding hydrogens is 290 g/mol. The van der Waals surface area contributed by atoms with Crippen LogP contribution < -0.4 is 21.6 Å². The minimum absolute atomic E-state index is 0.0780. The summed E-state index contributed by atoms with van der Waals surface area (Å²) in [5.74, 6) is 1.01. The number of benzene rings is 1. The van der Waals surface area contributed by atoms with E-state index in [9.17, 15) is 4.79 Å². The molecule has 0 bridgehead atoms. The summed E-state index contributed by atoms with van der Waals surface area (Å²) in [4.78, 5) is 20.4. The fourth-order valence-corrected chi connectivity index (χ4v) is 2.26. The van der Waals surface area contributed by atoms with Crippen molar-refractivity contribution in [1.29, 1.82) is 0 Å². The van der Waals surface area contributed by atoms with Crippen LogP contribution in [0.3, 0.4) is 0 Å². The van der Waals surface area contributed by atoms with Crippen LogP contribution >= 0.6 is 0 Å². The van der Waals surface area contributed by atoms with Gasteiger partial charge in [0.2, 0.25) is 5.95 Å². The van der Waals surface area contributed by atoms with Gasteiger partial charge in [0.05, 0.1) is 23.0 Å². The van der Waals surface area contributed by atoms with Crippen LogP contribution in [-0.4, -0.2) is 29.4 Å². The molecule has 0 unspecified atom stereocenters. The first-order chi connectivity index (χ1) is 11.1. The summed E-state index contributed by atoms with van der Waals surface area (Å²) >= 11 is 0. The Bertz CT molecular complexity index is 789. The third-order valence-electron chi connectivity index (χ3n) is 3.41. The minimum atomic E-state index is -0.0780. The van der Waals surface area contributed by atoms with Crippen LogP contribution in [0.2, 0.25) is 0 Å². The quantitative estimate of drug-likeness (QED) is 0.660. The van der Waals surface area contributed by atoms with Crippen molar-refractivity contribution in [2.45, 2.75) is 20.4 Å². The lowest BCUT2D eigenvalue weighted by Crippen LogP contribution is -2.63. The summed E-state index contributed by atoms with van der Waals surface area (Å²) in [6.45, 7) is 5.31. The normalized spacial score (nSPS) is 12.4. The molecule has 0 saturated carbocycles. The molecular formula is C17H24N5O+. The number of anilines is 1. The van der Waals surface area contributed by atoms with Crippen molar-refractivity contribution in [3.05, 3.63) is 46.4 Å². The van der Waals surface area contributed by atoms with E-state index < -0.39 is 0 Å².